The van der Waals surface area contributed by atoms with Crippen molar-refractivity contribution in [2.75, 3.05) is 26.2 Å². The molecular weight excluding hydrogens is 228 g/mol. The van der Waals surface area contributed by atoms with Crippen LogP contribution in [0.5, 0.6) is 0 Å². The van der Waals surface area contributed by atoms with E-state index in [-0.39, 0.29) is 11.8 Å². The molecule has 1 saturated heterocycles. The van der Waals surface area contributed by atoms with Crippen molar-refractivity contribution in [2.45, 2.75) is 52.4 Å². The number of hydrogen-bond donors (Lipinski definition) is 0. The van der Waals surface area contributed by atoms with Crippen LogP contribution in [0.25, 0.3) is 0 Å². The summed E-state index contributed by atoms with van der Waals surface area (Å²) < 4.78 is 0. The quantitative estimate of drug-likeness (QED) is 0.728. The molecule has 104 valence electrons. The molecule has 1 fully saturated rings. The van der Waals surface area contributed by atoms with Gasteiger partial charge in [-0.1, -0.05) is 13.3 Å². The molecule has 0 spiro atoms. The van der Waals surface area contributed by atoms with Crippen molar-refractivity contribution in [2.24, 2.45) is 0 Å². The largest absolute Gasteiger partial charge is 0.343 e. The second-order valence-corrected chi connectivity index (χ2v) is 4.91. The standard InChI is InChI=1S/C14H26N2O2/c1-3-10-15(4-2)14(18)9-12-16-11-7-5-6-8-13(16)17/h3-12H2,1-2H3. The van der Waals surface area contributed by atoms with E-state index in [0.29, 0.717) is 19.4 Å². The normalized spacial score (nSPS) is 16.6. The lowest BCUT2D eigenvalue weighted by Crippen LogP contribution is -2.37. The van der Waals surface area contributed by atoms with Crippen LogP contribution in [0, 0.1) is 0 Å². The molecule has 0 aromatic heterocycles. The van der Waals surface area contributed by atoms with Crippen LogP contribution < -0.4 is 0 Å². The van der Waals surface area contributed by atoms with Crippen LogP contribution >= 0.6 is 0 Å². The first-order valence-electron chi connectivity index (χ1n) is 7.24. The maximum atomic E-state index is 12.0. The molecule has 0 aromatic rings. The summed E-state index contributed by atoms with van der Waals surface area (Å²) in [5.41, 5.74) is 0. The average Bonchev–Trinajstić information content (AvgIpc) is 2.58. The van der Waals surface area contributed by atoms with Gasteiger partial charge in [0.15, 0.2) is 0 Å². The first-order chi connectivity index (χ1) is 8.69. The van der Waals surface area contributed by atoms with Crippen LogP contribution in [0.4, 0.5) is 0 Å². The third-order valence-electron chi connectivity index (χ3n) is 3.49. The summed E-state index contributed by atoms with van der Waals surface area (Å²) in [5.74, 6) is 0.398. The number of nitrogens with zero attached hydrogens (tertiary/aromatic N) is 2. The van der Waals surface area contributed by atoms with Gasteiger partial charge in [-0.15, -0.1) is 0 Å². The fourth-order valence-corrected chi connectivity index (χ4v) is 2.39. The van der Waals surface area contributed by atoms with E-state index in [9.17, 15) is 9.59 Å². The van der Waals surface area contributed by atoms with Gasteiger partial charge < -0.3 is 9.80 Å². The SMILES string of the molecule is CCCN(CC)C(=O)CCN1CCCCCC1=O. The Hall–Kier alpha value is -1.06. The maximum absolute atomic E-state index is 12.0. The molecule has 0 atom stereocenters. The number of hydrogen-bond acceptors (Lipinski definition) is 2. The molecule has 2 amide bonds. The number of amides is 2. The van der Waals surface area contributed by atoms with E-state index in [4.69, 9.17) is 0 Å². The molecule has 0 unspecified atom stereocenters. The zero-order chi connectivity index (χ0) is 13.4. The molecular formula is C14H26N2O2. The Labute approximate surface area is 110 Å². The van der Waals surface area contributed by atoms with Crippen molar-refractivity contribution in [3.63, 3.8) is 0 Å². The molecule has 1 aliphatic rings. The van der Waals surface area contributed by atoms with Crippen LogP contribution in [0.1, 0.15) is 52.4 Å². The van der Waals surface area contributed by atoms with Crippen LogP contribution in [-0.2, 0) is 9.59 Å². The summed E-state index contributed by atoms with van der Waals surface area (Å²) in [6.45, 7) is 7.09. The first-order valence-corrected chi connectivity index (χ1v) is 7.24. The number of carbonyl (C=O) groups excluding carboxylic acids is 2. The van der Waals surface area contributed by atoms with E-state index in [1.807, 2.05) is 16.7 Å². The molecule has 0 N–H and O–H groups in total. The summed E-state index contributed by atoms with van der Waals surface area (Å²) in [4.78, 5) is 27.5. The second-order valence-electron chi connectivity index (χ2n) is 4.91. The van der Waals surface area contributed by atoms with Crippen LogP contribution in [0.15, 0.2) is 0 Å². The highest BCUT2D eigenvalue weighted by Gasteiger charge is 2.18. The fraction of sp³-hybridized carbons (Fsp3) is 0.857. The van der Waals surface area contributed by atoms with E-state index in [1.54, 1.807) is 0 Å². The Morgan fingerprint density at radius 1 is 1.28 bits per heavy atom. The lowest BCUT2D eigenvalue weighted by molar-refractivity contribution is -0.134. The minimum Gasteiger partial charge on any atom is -0.343 e. The van der Waals surface area contributed by atoms with Crippen molar-refractivity contribution in [3.05, 3.63) is 0 Å². The first kappa shape index (κ1) is 15.0. The highest BCUT2D eigenvalue weighted by molar-refractivity contribution is 5.79. The zero-order valence-electron chi connectivity index (χ0n) is 11.8. The smallest absolute Gasteiger partial charge is 0.224 e. The Morgan fingerprint density at radius 2 is 2.06 bits per heavy atom. The molecule has 4 heteroatoms. The lowest BCUT2D eigenvalue weighted by Gasteiger charge is -2.24. The van der Waals surface area contributed by atoms with E-state index >= 15 is 0 Å². The molecule has 0 aromatic carbocycles. The second kappa shape index (κ2) is 8.11. The minimum atomic E-state index is 0.177. The highest BCUT2D eigenvalue weighted by Crippen LogP contribution is 2.11. The van der Waals surface area contributed by atoms with Gasteiger partial charge in [-0.05, 0) is 26.2 Å². The molecule has 1 aliphatic heterocycles. The number of rotatable bonds is 6. The molecule has 1 heterocycles. The van der Waals surface area contributed by atoms with Gasteiger partial charge in [-0.25, -0.2) is 0 Å². The maximum Gasteiger partial charge on any atom is 0.224 e. The van der Waals surface area contributed by atoms with E-state index in [2.05, 4.69) is 6.92 Å². The predicted octanol–water partition coefficient (Wildman–Crippen LogP) is 2.04. The van der Waals surface area contributed by atoms with Crippen LogP contribution in [0.2, 0.25) is 0 Å². The summed E-state index contributed by atoms with van der Waals surface area (Å²) in [5, 5.41) is 0. The summed E-state index contributed by atoms with van der Waals surface area (Å²) in [7, 11) is 0. The monoisotopic (exact) mass is 254 g/mol. The van der Waals surface area contributed by atoms with Gasteiger partial charge in [-0.3, -0.25) is 9.59 Å². The molecule has 0 saturated carbocycles. The Balaban J connectivity index is 2.38. The average molecular weight is 254 g/mol. The van der Waals surface area contributed by atoms with E-state index < -0.39 is 0 Å². The van der Waals surface area contributed by atoms with Crippen molar-refractivity contribution in [1.29, 1.82) is 0 Å². The van der Waals surface area contributed by atoms with E-state index in [0.717, 1.165) is 45.3 Å². The highest BCUT2D eigenvalue weighted by atomic mass is 16.2. The molecule has 18 heavy (non-hydrogen) atoms. The molecule has 0 bridgehead atoms. The van der Waals surface area contributed by atoms with Gasteiger partial charge in [-0.2, -0.15) is 0 Å². The minimum absolute atomic E-state index is 0.177. The predicted molar refractivity (Wildman–Crippen MR) is 72.2 cm³/mol. The van der Waals surface area contributed by atoms with Gasteiger partial charge in [0.1, 0.15) is 0 Å². The molecule has 0 aliphatic carbocycles. The topological polar surface area (TPSA) is 40.6 Å². The third-order valence-corrected chi connectivity index (χ3v) is 3.49. The van der Waals surface area contributed by atoms with Crippen molar-refractivity contribution >= 4 is 11.8 Å². The lowest BCUT2D eigenvalue weighted by atomic mass is 10.2. The summed E-state index contributed by atoms with van der Waals surface area (Å²) >= 11 is 0. The molecule has 1 rings (SSSR count). The van der Waals surface area contributed by atoms with Crippen LogP contribution in [-0.4, -0.2) is 47.8 Å². The summed E-state index contributed by atoms with van der Waals surface area (Å²) in [6.07, 6.45) is 5.32. The van der Waals surface area contributed by atoms with E-state index in [1.165, 1.54) is 0 Å². The van der Waals surface area contributed by atoms with Gasteiger partial charge in [0.2, 0.25) is 11.8 Å². The van der Waals surface area contributed by atoms with Gasteiger partial charge in [0.25, 0.3) is 0 Å². The zero-order valence-corrected chi connectivity index (χ0v) is 11.8. The summed E-state index contributed by atoms with van der Waals surface area (Å²) in [6, 6.07) is 0. The van der Waals surface area contributed by atoms with Crippen LogP contribution in [0.3, 0.4) is 0 Å². The number of likely N-dealkylation sites (tertiary alicyclic amines) is 1. The Bertz CT molecular complexity index is 279. The van der Waals surface area contributed by atoms with Crippen molar-refractivity contribution in [1.82, 2.24) is 9.80 Å². The Kier molecular flexibility index (Phi) is 6.76. The number of carbonyl (C=O) groups is 2. The fourth-order valence-electron chi connectivity index (χ4n) is 2.39. The van der Waals surface area contributed by atoms with Gasteiger partial charge in [0, 0.05) is 39.0 Å². The molecule has 4 nitrogen and oxygen atoms in total. The molecule has 0 radical (unpaired) electrons. The van der Waals surface area contributed by atoms with Gasteiger partial charge >= 0.3 is 0 Å². The van der Waals surface area contributed by atoms with Crippen molar-refractivity contribution < 1.29 is 9.59 Å². The third kappa shape index (κ3) is 4.67. The van der Waals surface area contributed by atoms with Crippen molar-refractivity contribution in [3.8, 4) is 0 Å². The Morgan fingerprint density at radius 3 is 2.72 bits per heavy atom. The van der Waals surface area contributed by atoms with Gasteiger partial charge in [0.05, 0.1) is 0 Å².